The van der Waals surface area contributed by atoms with Gasteiger partial charge in [-0.15, -0.1) is 10.2 Å². The second-order valence-electron chi connectivity index (χ2n) is 6.62. The van der Waals surface area contributed by atoms with Crippen molar-refractivity contribution < 1.29 is 9.59 Å². The average Bonchev–Trinajstić information content (AvgIpc) is 2.97. The Morgan fingerprint density at radius 2 is 2.22 bits per heavy atom. The van der Waals surface area contributed by atoms with Gasteiger partial charge in [0.2, 0.25) is 11.8 Å². The summed E-state index contributed by atoms with van der Waals surface area (Å²) in [7, 11) is 0. The quantitative estimate of drug-likeness (QED) is 0.742. The summed E-state index contributed by atoms with van der Waals surface area (Å²) in [4.78, 5) is 24.2. The van der Waals surface area contributed by atoms with Crippen LogP contribution in [0.4, 0.5) is 0 Å². The van der Waals surface area contributed by atoms with Crippen LogP contribution in [0, 0.1) is 6.92 Å². The fourth-order valence-electron chi connectivity index (χ4n) is 3.12. The van der Waals surface area contributed by atoms with E-state index in [4.69, 9.17) is 0 Å². The van der Waals surface area contributed by atoms with E-state index in [1.54, 1.807) is 0 Å². The van der Waals surface area contributed by atoms with Gasteiger partial charge in [0, 0.05) is 18.7 Å². The maximum Gasteiger partial charge on any atom is 0.242 e. The third-order valence-electron chi connectivity index (χ3n) is 4.51. The molecular formula is C19H25N5O2S. The van der Waals surface area contributed by atoms with Crippen LogP contribution in [-0.2, 0) is 16.1 Å². The molecule has 0 bridgehead atoms. The van der Waals surface area contributed by atoms with Crippen molar-refractivity contribution >= 4 is 23.6 Å². The van der Waals surface area contributed by atoms with E-state index in [0.29, 0.717) is 24.7 Å². The highest BCUT2D eigenvalue weighted by atomic mass is 32.2. The van der Waals surface area contributed by atoms with E-state index in [1.165, 1.54) is 11.8 Å². The summed E-state index contributed by atoms with van der Waals surface area (Å²) >= 11 is 1.34. The van der Waals surface area contributed by atoms with E-state index in [2.05, 4.69) is 26.9 Å². The second kappa shape index (κ2) is 9.03. The highest BCUT2D eigenvalue weighted by Gasteiger charge is 2.23. The summed E-state index contributed by atoms with van der Waals surface area (Å²) in [6.45, 7) is 5.47. The van der Waals surface area contributed by atoms with Crippen molar-refractivity contribution in [1.82, 2.24) is 25.4 Å². The molecule has 1 aliphatic rings. The van der Waals surface area contributed by atoms with E-state index >= 15 is 0 Å². The van der Waals surface area contributed by atoms with Crippen LogP contribution in [0.1, 0.15) is 31.7 Å². The minimum atomic E-state index is -0.438. The Labute approximate surface area is 163 Å². The van der Waals surface area contributed by atoms with Crippen LogP contribution >= 0.6 is 11.8 Å². The first-order valence-corrected chi connectivity index (χ1v) is 10.3. The molecule has 2 heterocycles. The molecule has 0 saturated carbocycles. The van der Waals surface area contributed by atoms with Gasteiger partial charge < -0.3 is 15.2 Å². The fraction of sp³-hybridized carbons (Fsp3) is 0.474. The van der Waals surface area contributed by atoms with Crippen molar-refractivity contribution in [3.05, 3.63) is 29.8 Å². The largest absolute Gasteiger partial charge is 0.354 e. The molecule has 1 unspecified atom stereocenters. The number of aromatic nitrogens is 3. The number of thioether (sulfide) groups is 1. The smallest absolute Gasteiger partial charge is 0.242 e. The third-order valence-corrected chi connectivity index (χ3v) is 5.48. The standard InChI is InChI=1S/C19H25N5O2S/c1-3-24-17(14-8-6-7-13(2)11-14)22-23-19(24)27-12-16(25)21-15-9-4-5-10-20-18(15)26/h6-8,11,15H,3-5,9-10,12H2,1-2H3,(H,20,26)(H,21,25). The fourth-order valence-corrected chi connectivity index (χ4v) is 3.93. The lowest BCUT2D eigenvalue weighted by Crippen LogP contribution is -2.46. The monoisotopic (exact) mass is 387 g/mol. The molecule has 0 spiro atoms. The van der Waals surface area contributed by atoms with Gasteiger partial charge in [0.25, 0.3) is 0 Å². The van der Waals surface area contributed by atoms with Crippen molar-refractivity contribution in [2.45, 2.75) is 50.9 Å². The Hall–Kier alpha value is -2.35. The van der Waals surface area contributed by atoms with Gasteiger partial charge in [-0.3, -0.25) is 9.59 Å². The van der Waals surface area contributed by atoms with Crippen molar-refractivity contribution in [3.8, 4) is 11.4 Å². The first-order chi connectivity index (χ1) is 13.1. The Bertz CT molecular complexity index is 820. The van der Waals surface area contributed by atoms with Gasteiger partial charge in [0.05, 0.1) is 5.75 Å². The Balaban J connectivity index is 1.64. The SMILES string of the molecule is CCn1c(SCC(=O)NC2CCCCNC2=O)nnc1-c1cccc(C)c1. The first-order valence-electron chi connectivity index (χ1n) is 9.28. The number of hydrogen-bond acceptors (Lipinski definition) is 5. The molecule has 1 saturated heterocycles. The van der Waals surface area contributed by atoms with Crippen LogP contribution in [0.2, 0.25) is 0 Å². The molecule has 2 N–H and O–H groups in total. The molecule has 1 aromatic heterocycles. The number of benzene rings is 1. The molecule has 0 radical (unpaired) electrons. The minimum Gasteiger partial charge on any atom is -0.354 e. The van der Waals surface area contributed by atoms with Crippen molar-refractivity contribution in [2.24, 2.45) is 0 Å². The minimum absolute atomic E-state index is 0.0932. The Morgan fingerprint density at radius 3 is 3.00 bits per heavy atom. The number of carbonyl (C=O) groups excluding carboxylic acids is 2. The van der Waals surface area contributed by atoms with Crippen LogP contribution in [0.25, 0.3) is 11.4 Å². The lowest BCUT2D eigenvalue weighted by Gasteiger charge is -2.15. The molecule has 1 fully saturated rings. The van der Waals surface area contributed by atoms with Crippen molar-refractivity contribution in [1.29, 1.82) is 0 Å². The lowest BCUT2D eigenvalue weighted by molar-refractivity contribution is -0.127. The Morgan fingerprint density at radius 1 is 1.37 bits per heavy atom. The zero-order chi connectivity index (χ0) is 19.2. The summed E-state index contributed by atoms with van der Waals surface area (Å²) < 4.78 is 2.01. The number of nitrogens with zero attached hydrogens (tertiary/aromatic N) is 3. The van der Waals surface area contributed by atoms with Crippen LogP contribution in [-0.4, -0.2) is 44.9 Å². The van der Waals surface area contributed by atoms with Crippen molar-refractivity contribution in [3.63, 3.8) is 0 Å². The molecule has 144 valence electrons. The molecule has 2 amide bonds. The van der Waals surface area contributed by atoms with Gasteiger partial charge in [-0.05, 0) is 39.2 Å². The van der Waals surface area contributed by atoms with Gasteiger partial charge in [-0.2, -0.15) is 0 Å². The maximum absolute atomic E-state index is 12.3. The van der Waals surface area contributed by atoms with Gasteiger partial charge in [-0.25, -0.2) is 0 Å². The second-order valence-corrected chi connectivity index (χ2v) is 7.56. The number of rotatable bonds is 6. The van der Waals surface area contributed by atoms with Crippen LogP contribution in [0.5, 0.6) is 0 Å². The third kappa shape index (κ3) is 4.88. The molecule has 1 atom stereocenters. The molecule has 7 nitrogen and oxygen atoms in total. The number of amides is 2. The van der Waals surface area contributed by atoms with E-state index in [0.717, 1.165) is 29.8 Å². The predicted octanol–water partition coefficient (Wildman–Crippen LogP) is 2.15. The molecule has 3 rings (SSSR count). The zero-order valence-corrected chi connectivity index (χ0v) is 16.5. The van der Waals surface area contributed by atoms with E-state index in [1.807, 2.05) is 36.6 Å². The summed E-state index contributed by atoms with van der Waals surface area (Å²) in [6.07, 6.45) is 2.57. The lowest BCUT2D eigenvalue weighted by atomic mass is 10.1. The molecule has 8 heteroatoms. The summed E-state index contributed by atoms with van der Waals surface area (Å²) in [5.41, 5.74) is 2.17. The summed E-state index contributed by atoms with van der Waals surface area (Å²) in [6, 6.07) is 7.68. The number of aryl methyl sites for hydroxylation is 1. The number of hydrogen-bond donors (Lipinski definition) is 2. The van der Waals surface area contributed by atoms with Crippen molar-refractivity contribution in [2.75, 3.05) is 12.3 Å². The predicted molar refractivity (Wildman–Crippen MR) is 105 cm³/mol. The molecule has 2 aromatic rings. The summed E-state index contributed by atoms with van der Waals surface area (Å²) in [5.74, 6) is 0.747. The van der Waals surface area contributed by atoms with E-state index in [9.17, 15) is 9.59 Å². The molecule has 1 aromatic carbocycles. The average molecular weight is 388 g/mol. The number of carbonyl (C=O) groups is 2. The highest BCUT2D eigenvalue weighted by Crippen LogP contribution is 2.24. The number of nitrogens with one attached hydrogen (secondary N) is 2. The normalized spacial score (nSPS) is 17.3. The van der Waals surface area contributed by atoms with Gasteiger partial charge >= 0.3 is 0 Å². The molecular weight excluding hydrogens is 362 g/mol. The van der Waals surface area contributed by atoms with Crippen LogP contribution < -0.4 is 10.6 Å². The summed E-state index contributed by atoms with van der Waals surface area (Å²) in [5, 5.41) is 14.9. The van der Waals surface area contributed by atoms with Crippen LogP contribution in [0.15, 0.2) is 29.4 Å². The zero-order valence-electron chi connectivity index (χ0n) is 15.7. The molecule has 1 aliphatic heterocycles. The van der Waals surface area contributed by atoms with Crippen LogP contribution in [0.3, 0.4) is 0 Å². The maximum atomic E-state index is 12.3. The highest BCUT2D eigenvalue weighted by molar-refractivity contribution is 7.99. The van der Waals surface area contributed by atoms with Gasteiger partial charge in [0.1, 0.15) is 6.04 Å². The molecule has 27 heavy (non-hydrogen) atoms. The van der Waals surface area contributed by atoms with E-state index in [-0.39, 0.29) is 17.6 Å². The first kappa shape index (κ1) is 19.4. The van der Waals surface area contributed by atoms with E-state index < -0.39 is 6.04 Å². The Kier molecular flexibility index (Phi) is 6.49. The topological polar surface area (TPSA) is 88.9 Å². The van der Waals surface area contributed by atoms with Gasteiger partial charge in [0.15, 0.2) is 11.0 Å². The molecule has 0 aliphatic carbocycles. The van der Waals surface area contributed by atoms with Gasteiger partial charge in [-0.1, -0.05) is 35.5 Å².